The lowest BCUT2D eigenvalue weighted by Crippen LogP contribution is -2.36. The Hall–Kier alpha value is -1.89. The second-order valence-electron chi connectivity index (χ2n) is 5.96. The predicted molar refractivity (Wildman–Crippen MR) is 78.8 cm³/mol. The van der Waals surface area contributed by atoms with Crippen molar-refractivity contribution in [1.29, 1.82) is 0 Å². The number of likely N-dealkylation sites (tertiary alicyclic amines) is 1. The molecule has 114 valence electrons. The van der Waals surface area contributed by atoms with E-state index in [0.29, 0.717) is 11.7 Å². The monoisotopic (exact) mass is 291 g/mol. The number of aromatic amines is 1. The van der Waals surface area contributed by atoms with Crippen LogP contribution in [0, 0.1) is 0 Å². The summed E-state index contributed by atoms with van der Waals surface area (Å²) >= 11 is 0. The quantitative estimate of drug-likeness (QED) is 0.913. The second-order valence-corrected chi connectivity index (χ2v) is 5.96. The van der Waals surface area contributed by atoms with Gasteiger partial charge in [0.2, 0.25) is 0 Å². The van der Waals surface area contributed by atoms with Crippen molar-refractivity contribution in [2.75, 3.05) is 20.1 Å². The van der Waals surface area contributed by atoms with Crippen LogP contribution in [0.1, 0.15) is 38.2 Å². The standard InChI is InChI=1S/C14H21N5O2/c1-9(2)11-8-15-19-12(11)16-13(17-14(19)20)21-10-4-6-18(3)7-5-10/h8-10H,4-7H2,1-3H3,(H,16,17,20). The summed E-state index contributed by atoms with van der Waals surface area (Å²) in [6.07, 6.45) is 3.70. The molecule has 0 bridgehead atoms. The van der Waals surface area contributed by atoms with Crippen molar-refractivity contribution in [3.05, 3.63) is 22.2 Å². The molecule has 0 unspecified atom stereocenters. The van der Waals surface area contributed by atoms with Crippen LogP contribution in [-0.4, -0.2) is 50.7 Å². The third-order valence-corrected chi connectivity index (χ3v) is 3.95. The van der Waals surface area contributed by atoms with E-state index in [1.807, 2.05) is 0 Å². The van der Waals surface area contributed by atoms with Crippen LogP contribution in [0.4, 0.5) is 0 Å². The van der Waals surface area contributed by atoms with Gasteiger partial charge in [-0.1, -0.05) is 13.8 Å². The molecular weight excluding hydrogens is 270 g/mol. The van der Waals surface area contributed by atoms with Gasteiger partial charge in [-0.25, -0.2) is 4.79 Å². The maximum absolute atomic E-state index is 12.0. The van der Waals surface area contributed by atoms with E-state index in [1.54, 1.807) is 6.20 Å². The maximum atomic E-state index is 12.0. The summed E-state index contributed by atoms with van der Waals surface area (Å²) in [4.78, 5) is 21.4. The molecule has 2 aromatic rings. The van der Waals surface area contributed by atoms with Gasteiger partial charge in [0.25, 0.3) is 6.01 Å². The number of fused-ring (bicyclic) bond motifs is 1. The number of hydrogen-bond donors (Lipinski definition) is 1. The van der Waals surface area contributed by atoms with Crippen LogP contribution < -0.4 is 10.4 Å². The van der Waals surface area contributed by atoms with Crippen molar-refractivity contribution >= 4 is 5.65 Å². The molecule has 21 heavy (non-hydrogen) atoms. The first-order valence-corrected chi connectivity index (χ1v) is 7.37. The summed E-state index contributed by atoms with van der Waals surface area (Å²) in [6, 6.07) is 0.296. The topological polar surface area (TPSA) is 75.5 Å². The van der Waals surface area contributed by atoms with Gasteiger partial charge in [-0.2, -0.15) is 14.6 Å². The number of H-pyrrole nitrogens is 1. The van der Waals surface area contributed by atoms with Gasteiger partial charge < -0.3 is 9.64 Å². The lowest BCUT2D eigenvalue weighted by atomic mass is 10.1. The van der Waals surface area contributed by atoms with E-state index in [9.17, 15) is 4.79 Å². The normalized spacial score (nSPS) is 17.7. The lowest BCUT2D eigenvalue weighted by Gasteiger charge is -2.28. The molecule has 3 rings (SSSR count). The molecule has 2 aromatic heterocycles. The molecule has 1 aliphatic heterocycles. The van der Waals surface area contributed by atoms with Crippen LogP contribution in [0.3, 0.4) is 0 Å². The Balaban J connectivity index is 1.89. The Morgan fingerprint density at radius 2 is 2.10 bits per heavy atom. The maximum Gasteiger partial charge on any atom is 0.352 e. The molecule has 0 amide bonds. The zero-order valence-electron chi connectivity index (χ0n) is 12.7. The first-order chi connectivity index (χ1) is 10.0. The third-order valence-electron chi connectivity index (χ3n) is 3.95. The molecule has 3 heterocycles. The fourth-order valence-electron chi connectivity index (χ4n) is 2.61. The highest BCUT2D eigenvalue weighted by atomic mass is 16.5. The Morgan fingerprint density at radius 3 is 2.76 bits per heavy atom. The number of aromatic nitrogens is 4. The fourth-order valence-corrected chi connectivity index (χ4v) is 2.61. The van der Waals surface area contributed by atoms with Crippen LogP contribution >= 0.6 is 0 Å². The molecule has 7 heteroatoms. The highest BCUT2D eigenvalue weighted by Gasteiger charge is 2.20. The smallest absolute Gasteiger partial charge is 0.352 e. The van der Waals surface area contributed by atoms with E-state index >= 15 is 0 Å². The minimum Gasteiger partial charge on any atom is -0.461 e. The summed E-state index contributed by atoms with van der Waals surface area (Å²) in [7, 11) is 2.10. The molecule has 0 aliphatic carbocycles. The van der Waals surface area contributed by atoms with Crippen LogP contribution in [0.25, 0.3) is 5.65 Å². The molecule has 0 saturated carbocycles. The third kappa shape index (κ3) is 2.78. The van der Waals surface area contributed by atoms with E-state index in [4.69, 9.17) is 4.74 Å². The molecule has 1 saturated heterocycles. The number of rotatable bonds is 3. The Labute approximate surface area is 122 Å². The van der Waals surface area contributed by atoms with Gasteiger partial charge in [0, 0.05) is 18.7 Å². The summed E-state index contributed by atoms with van der Waals surface area (Å²) in [5.74, 6) is 0.257. The van der Waals surface area contributed by atoms with Crippen LogP contribution in [0.5, 0.6) is 6.01 Å². The van der Waals surface area contributed by atoms with Crippen molar-refractivity contribution in [1.82, 2.24) is 24.5 Å². The van der Waals surface area contributed by atoms with Gasteiger partial charge in [0.15, 0.2) is 5.65 Å². The van der Waals surface area contributed by atoms with Gasteiger partial charge >= 0.3 is 5.69 Å². The van der Waals surface area contributed by atoms with Crippen molar-refractivity contribution in [3.8, 4) is 6.01 Å². The zero-order valence-corrected chi connectivity index (χ0v) is 12.7. The number of nitrogens with one attached hydrogen (secondary N) is 1. The highest BCUT2D eigenvalue weighted by molar-refractivity contribution is 5.47. The Kier molecular flexibility index (Phi) is 3.67. The lowest BCUT2D eigenvalue weighted by molar-refractivity contribution is 0.105. The van der Waals surface area contributed by atoms with Crippen molar-refractivity contribution < 1.29 is 4.74 Å². The van der Waals surface area contributed by atoms with Crippen molar-refractivity contribution in [2.24, 2.45) is 0 Å². The SMILES string of the molecule is CC(C)c1cnn2c(=O)[nH]c(OC3CCN(C)CC3)nc12. The average molecular weight is 291 g/mol. The summed E-state index contributed by atoms with van der Waals surface area (Å²) in [5.41, 5.74) is 1.22. The second kappa shape index (κ2) is 5.48. The van der Waals surface area contributed by atoms with Gasteiger partial charge in [-0.3, -0.25) is 4.98 Å². The summed E-state index contributed by atoms with van der Waals surface area (Å²) in [6.45, 7) is 6.11. The first kappa shape index (κ1) is 14.1. The first-order valence-electron chi connectivity index (χ1n) is 7.37. The molecule has 0 radical (unpaired) electrons. The Morgan fingerprint density at radius 1 is 1.38 bits per heavy atom. The van der Waals surface area contributed by atoms with E-state index < -0.39 is 0 Å². The minimum absolute atomic E-state index is 0.109. The molecule has 0 atom stereocenters. The van der Waals surface area contributed by atoms with Gasteiger partial charge in [-0.15, -0.1) is 0 Å². The summed E-state index contributed by atoms with van der Waals surface area (Å²) in [5, 5.41) is 4.09. The molecule has 1 fully saturated rings. The largest absolute Gasteiger partial charge is 0.461 e. The van der Waals surface area contributed by atoms with E-state index in [2.05, 4.69) is 40.9 Å². The van der Waals surface area contributed by atoms with Crippen LogP contribution in [-0.2, 0) is 0 Å². The fraction of sp³-hybridized carbons (Fsp3) is 0.643. The number of ether oxygens (including phenoxy) is 1. The molecule has 0 aromatic carbocycles. The highest BCUT2D eigenvalue weighted by Crippen LogP contribution is 2.19. The average Bonchev–Trinajstić information content (AvgIpc) is 2.86. The number of hydrogen-bond acceptors (Lipinski definition) is 5. The molecule has 1 aliphatic rings. The zero-order chi connectivity index (χ0) is 15.0. The number of nitrogens with zero attached hydrogens (tertiary/aromatic N) is 4. The van der Waals surface area contributed by atoms with Gasteiger partial charge in [0.05, 0.1) is 6.20 Å². The molecule has 0 spiro atoms. The van der Waals surface area contributed by atoms with E-state index in [1.165, 1.54) is 4.52 Å². The van der Waals surface area contributed by atoms with Crippen molar-refractivity contribution in [3.63, 3.8) is 0 Å². The number of piperidine rings is 1. The van der Waals surface area contributed by atoms with Gasteiger partial charge in [-0.05, 0) is 25.8 Å². The van der Waals surface area contributed by atoms with Crippen LogP contribution in [0.2, 0.25) is 0 Å². The van der Waals surface area contributed by atoms with E-state index in [-0.39, 0.29) is 17.7 Å². The van der Waals surface area contributed by atoms with Crippen molar-refractivity contribution in [2.45, 2.75) is 38.7 Å². The molecule has 7 nitrogen and oxygen atoms in total. The molecular formula is C14H21N5O2. The van der Waals surface area contributed by atoms with Gasteiger partial charge in [0.1, 0.15) is 6.10 Å². The Bertz CT molecular complexity index is 682. The predicted octanol–water partition coefficient (Wildman–Crippen LogP) is 1.01. The molecule has 1 N–H and O–H groups in total. The van der Waals surface area contributed by atoms with Crippen LogP contribution in [0.15, 0.2) is 11.0 Å². The summed E-state index contributed by atoms with van der Waals surface area (Å²) < 4.78 is 7.15. The minimum atomic E-state index is -0.310. The van der Waals surface area contributed by atoms with E-state index in [0.717, 1.165) is 31.5 Å².